The molecule has 0 spiro atoms. The molecule has 2 bridgehead atoms. The summed E-state index contributed by atoms with van der Waals surface area (Å²) in [5.74, 6) is -2.02. The molecule has 3 aliphatic carbocycles. The summed E-state index contributed by atoms with van der Waals surface area (Å²) in [5, 5.41) is -2.33. The molecule has 0 saturated heterocycles. The van der Waals surface area contributed by atoms with Gasteiger partial charge in [0.05, 0.1) is 4.90 Å². The molecular weight excluding hydrogens is 352 g/mol. The van der Waals surface area contributed by atoms with Crippen molar-refractivity contribution in [1.82, 2.24) is 0 Å². The van der Waals surface area contributed by atoms with E-state index in [-0.39, 0.29) is 22.3 Å². The van der Waals surface area contributed by atoms with E-state index in [0.29, 0.717) is 0 Å². The number of Topliss-reactive ketones (excluding diaryl/α,β-unsaturated/α-hetero) is 2. The third-order valence-corrected chi connectivity index (χ3v) is 7.59. The number of carbonyl (C=O) groups is 3. The van der Waals surface area contributed by atoms with E-state index < -0.39 is 43.7 Å². The van der Waals surface area contributed by atoms with E-state index in [2.05, 4.69) is 0 Å². The zero-order chi connectivity index (χ0) is 17.2. The van der Waals surface area contributed by atoms with E-state index in [9.17, 15) is 22.8 Å². The minimum Gasteiger partial charge on any atom is -0.297 e. The highest BCUT2D eigenvalue weighted by Crippen LogP contribution is 2.53. The average molecular weight is 365 g/mol. The van der Waals surface area contributed by atoms with Gasteiger partial charge in [-0.25, -0.2) is 8.42 Å². The van der Waals surface area contributed by atoms with Crippen LogP contribution in [0.5, 0.6) is 0 Å². The van der Waals surface area contributed by atoms with Crippen LogP contribution in [0.4, 0.5) is 0 Å². The summed E-state index contributed by atoms with van der Waals surface area (Å²) in [7, 11) is -4.12. The number of hydrogen-bond acceptors (Lipinski definition) is 5. The van der Waals surface area contributed by atoms with Crippen LogP contribution >= 0.6 is 11.6 Å². The number of allylic oxidation sites excluding steroid dienone is 2. The standard InChI is InChI=1S/C17H13ClO5S/c18-17(21)8-3-5-11(6-4-8)24(22,23)16-14(19)12-9-1-2-10(7-9)13(12)15(16)20/h1-6,9-10,12-13,16H,7H2. The van der Waals surface area contributed by atoms with E-state index in [1.54, 1.807) is 0 Å². The van der Waals surface area contributed by atoms with Crippen LogP contribution in [0, 0.1) is 23.7 Å². The second kappa shape index (κ2) is 5.10. The van der Waals surface area contributed by atoms with Gasteiger partial charge in [-0.2, -0.15) is 0 Å². The molecule has 1 aromatic carbocycles. The Hall–Kier alpha value is -1.79. The molecule has 4 unspecified atom stereocenters. The quantitative estimate of drug-likeness (QED) is 0.464. The lowest BCUT2D eigenvalue weighted by Crippen LogP contribution is -2.34. The first-order valence-corrected chi connectivity index (χ1v) is 9.54. The monoisotopic (exact) mass is 364 g/mol. The fourth-order valence-electron chi connectivity index (χ4n) is 4.31. The molecule has 2 fully saturated rings. The zero-order valence-electron chi connectivity index (χ0n) is 12.4. The number of rotatable bonds is 3. The van der Waals surface area contributed by atoms with E-state index in [0.717, 1.165) is 6.42 Å². The molecule has 3 aliphatic rings. The van der Waals surface area contributed by atoms with Crippen molar-refractivity contribution in [2.45, 2.75) is 16.6 Å². The third-order valence-electron chi connectivity index (χ3n) is 5.35. The molecule has 5 nitrogen and oxygen atoms in total. The smallest absolute Gasteiger partial charge is 0.252 e. The van der Waals surface area contributed by atoms with Gasteiger partial charge in [-0.3, -0.25) is 14.4 Å². The second-order valence-electron chi connectivity index (χ2n) is 6.53. The van der Waals surface area contributed by atoms with Gasteiger partial charge in [0, 0.05) is 17.4 Å². The van der Waals surface area contributed by atoms with Gasteiger partial charge in [0.1, 0.15) is 0 Å². The maximum atomic E-state index is 12.8. The van der Waals surface area contributed by atoms with Gasteiger partial charge in [-0.15, -0.1) is 0 Å². The van der Waals surface area contributed by atoms with Crippen molar-refractivity contribution in [3.8, 4) is 0 Å². The van der Waals surface area contributed by atoms with Crippen molar-refractivity contribution in [1.29, 1.82) is 0 Å². The first-order chi connectivity index (χ1) is 11.3. The van der Waals surface area contributed by atoms with Crippen molar-refractivity contribution >= 4 is 38.2 Å². The van der Waals surface area contributed by atoms with Crippen molar-refractivity contribution < 1.29 is 22.8 Å². The van der Waals surface area contributed by atoms with Crippen molar-refractivity contribution in [2.75, 3.05) is 0 Å². The molecule has 0 amide bonds. The maximum absolute atomic E-state index is 12.8. The SMILES string of the molecule is O=C(Cl)c1ccc(S(=O)(=O)C2C(=O)C3C4C=CC(C4)C3C2=O)cc1. The van der Waals surface area contributed by atoms with Crippen molar-refractivity contribution in [3.05, 3.63) is 42.0 Å². The number of fused-ring (bicyclic) bond motifs is 5. The van der Waals surface area contributed by atoms with E-state index in [4.69, 9.17) is 11.6 Å². The summed E-state index contributed by atoms with van der Waals surface area (Å²) in [4.78, 5) is 36.3. The van der Waals surface area contributed by atoms with Gasteiger partial charge < -0.3 is 0 Å². The van der Waals surface area contributed by atoms with E-state index in [1.165, 1.54) is 24.3 Å². The molecule has 24 heavy (non-hydrogen) atoms. The van der Waals surface area contributed by atoms with Crippen molar-refractivity contribution in [2.24, 2.45) is 23.7 Å². The van der Waals surface area contributed by atoms with Crippen LogP contribution in [0.2, 0.25) is 0 Å². The molecule has 124 valence electrons. The first-order valence-electron chi connectivity index (χ1n) is 7.62. The van der Waals surface area contributed by atoms with Crippen LogP contribution in [0.25, 0.3) is 0 Å². The summed E-state index contributed by atoms with van der Waals surface area (Å²) in [6.45, 7) is 0. The Morgan fingerprint density at radius 3 is 1.92 bits per heavy atom. The lowest BCUT2D eigenvalue weighted by atomic mass is 9.85. The van der Waals surface area contributed by atoms with Gasteiger partial charge >= 0.3 is 0 Å². The van der Waals surface area contributed by atoms with E-state index in [1.807, 2.05) is 12.2 Å². The Kier molecular flexibility index (Phi) is 3.34. The molecular formula is C17H13ClO5S. The summed E-state index contributed by atoms with van der Waals surface area (Å²) in [5.41, 5.74) is 0.152. The highest BCUT2D eigenvalue weighted by Gasteiger charge is 2.63. The van der Waals surface area contributed by atoms with Crippen LogP contribution in [-0.2, 0) is 19.4 Å². The van der Waals surface area contributed by atoms with Crippen LogP contribution in [0.3, 0.4) is 0 Å². The number of hydrogen-bond donors (Lipinski definition) is 0. The molecule has 4 rings (SSSR count). The summed E-state index contributed by atoms with van der Waals surface area (Å²) < 4.78 is 25.6. The van der Waals surface area contributed by atoms with E-state index >= 15 is 0 Å². The number of halogens is 1. The predicted molar refractivity (Wildman–Crippen MR) is 85.3 cm³/mol. The summed E-state index contributed by atoms with van der Waals surface area (Å²) in [6.07, 6.45) is 4.60. The first kappa shape index (κ1) is 15.7. The van der Waals surface area contributed by atoms with Gasteiger partial charge in [-0.05, 0) is 54.1 Å². The number of sulfone groups is 1. The Morgan fingerprint density at radius 1 is 0.958 bits per heavy atom. The van der Waals surface area contributed by atoms with Gasteiger partial charge in [0.25, 0.3) is 5.24 Å². The van der Waals surface area contributed by atoms with Gasteiger partial charge in [0.2, 0.25) is 0 Å². The molecule has 0 aliphatic heterocycles. The second-order valence-corrected chi connectivity index (χ2v) is 8.90. The fourth-order valence-corrected chi connectivity index (χ4v) is 6.14. The fraction of sp³-hybridized carbons (Fsp3) is 0.353. The van der Waals surface area contributed by atoms with Crippen LogP contribution < -0.4 is 0 Å². The Bertz CT molecular complexity index is 869. The largest absolute Gasteiger partial charge is 0.297 e. The Morgan fingerprint density at radius 2 is 1.46 bits per heavy atom. The predicted octanol–water partition coefficient (Wildman–Crippen LogP) is 1.80. The number of ketones is 2. The summed E-state index contributed by atoms with van der Waals surface area (Å²) in [6, 6.07) is 4.98. The lowest BCUT2D eigenvalue weighted by molar-refractivity contribution is -0.123. The molecule has 7 heteroatoms. The Labute approximate surface area is 143 Å². The molecule has 2 saturated carbocycles. The normalized spacial score (nSPS) is 34.0. The lowest BCUT2D eigenvalue weighted by Gasteiger charge is -2.16. The maximum Gasteiger partial charge on any atom is 0.252 e. The van der Waals surface area contributed by atoms with Crippen LogP contribution in [0.15, 0.2) is 41.3 Å². The molecule has 0 aromatic heterocycles. The molecule has 0 heterocycles. The van der Waals surface area contributed by atoms with Crippen LogP contribution in [0.1, 0.15) is 16.8 Å². The highest BCUT2D eigenvalue weighted by molar-refractivity contribution is 7.93. The molecule has 0 N–H and O–H groups in total. The average Bonchev–Trinajstić information content (AvgIpc) is 3.21. The van der Waals surface area contributed by atoms with Gasteiger partial charge in [-0.1, -0.05) is 12.2 Å². The zero-order valence-corrected chi connectivity index (χ0v) is 14.0. The molecule has 0 radical (unpaired) electrons. The minimum absolute atomic E-state index is 0.0205. The van der Waals surface area contributed by atoms with Crippen LogP contribution in [-0.4, -0.2) is 30.5 Å². The van der Waals surface area contributed by atoms with Gasteiger partial charge in [0.15, 0.2) is 26.7 Å². The molecule has 1 aromatic rings. The number of carbonyl (C=O) groups excluding carboxylic acids is 3. The molecule has 4 atom stereocenters. The van der Waals surface area contributed by atoms with Crippen molar-refractivity contribution in [3.63, 3.8) is 0 Å². The Balaban J connectivity index is 1.72. The topological polar surface area (TPSA) is 85.3 Å². The minimum atomic E-state index is -4.12. The summed E-state index contributed by atoms with van der Waals surface area (Å²) >= 11 is 5.34. The third kappa shape index (κ3) is 1.99. The highest BCUT2D eigenvalue weighted by atomic mass is 35.5. The number of benzene rings is 1.